The molecule has 1 aliphatic rings. The molecule has 0 fully saturated rings. The fourth-order valence-electron chi connectivity index (χ4n) is 3.89. The van der Waals surface area contributed by atoms with Crippen LogP contribution in [0.3, 0.4) is 0 Å². The van der Waals surface area contributed by atoms with Gasteiger partial charge < -0.3 is 4.90 Å². The van der Waals surface area contributed by atoms with Gasteiger partial charge in [-0.3, -0.25) is 14.2 Å². The van der Waals surface area contributed by atoms with E-state index in [4.69, 9.17) is 4.98 Å². The van der Waals surface area contributed by atoms with Crippen LogP contribution in [0.15, 0.2) is 51.7 Å². The van der Waals surface area contributed by atoms with Gasteiger partial charge >= 0.3 is 0 Å². The molecule has 0 saturated carbocycles. The molecule has 0 bridgehead atoms. The van der Waals surface area contributed by atoms with Crippen molar-refractivity contribution in [2.24, 2.45) is 0 Å². The van der Waals surface area contributed by atoms with E-state index in [9.17, 15) is 9.59 Å². The molecule has 1 aromatic heterocycles. The SMILES string of the molecule is CCN1C(=O)[C@@H](Cc2nc3ccccc3c(=O)n2CC)c2cc(Br)ccc21. The van der Waals surface area contributed by atoms with E-state index in [2.05, 4.69) is 15.9 Å². The molecular formula is C21H20BrN3O2. The molecule has 3 aromatic rings. The fraction of sp³-hybridized carbons (Fsp3) is 0.286. The molecule has 0 radical (unpaired) electrons. The largest absolute Gasteiger partial charge is 0.312 e. The number of likely N-dealkylation sites (N-methyl/N-ethyl adjacent to an activating group) is 1. The Kier molecular flexibility index (Phi) is 4.60. The zero-order valence-corrected chi connectivity index (χ0v) is 16.9. The van der Waals surface area contributed by atoms with Gasteiger partial charge in [0.15, 0.2) is 0 Å². The van der Waals surface area contributed by atoms with Gasteiger partial charge in [-0.2, -0.15) is 0 Å². The molecule has 1 amide bonds. The number of rotatable bonds is 4. The Morgan fingerprint density at radius 3 is 2.59 bits per heavy atom. The van der Waals surface area contributed by atoms with Crippen LogP contribution >= 0.6 is 15.9 Å². The van der Waals surface area contributed by atoms with Crippen LogP contribution in [-0.4, -0.2) is 22.0 Å². The van der Waals surface area contributed by atoms with Crippen molar-refractivity contribution >= 4 is 38.4 Å². The molecule has 4 rings (SSSR count). The van der Waals surface area contributed by atoms with Crippen molar-refractivity contribution in [1.82, 2.24) is 9.55 Å². The molecule has 0 unspecified atom stereocenters. The third-order valence-corrected chi connectivity index (χ3v) is 5.67. The highest BCUT2D eigenvalue weighted by molar-refractivity contribution is 9.10. The van der Waals surface area contributed by atoms with E-state index < -0.39 is 0 Å². The smallest absolute Gasteiger partial charge is 0.261 e. The van der Waals surface area contributed by atoms with Gasteiger partial charge in [0, 0.05) is 29.7 Å². The maximum Gasteiger partial charge on any atom is 0.261 e. The number of amides is 1. The summed E-state index contributed by atoms with van der Waals surface area (Å²) in [6, 6.07) is 13.3. The lowest BCUT2D eigenvalue weighted by Gasteiger charge is -2.16. The standard InChI is InChI=1S/C21H20BrN3O2/c1-3-24-18-10-9-13(22)11-15(18)16(21(24)27)12-19-23-17-8-6-5-7-14(17)20(26)25(19)4-2/h5-11,16H,3-4,12H2,1-2H3/t16-/m0/s1. The Hall–Kier alpha value is -2.47. The lowest BCUT2D eigenvalue weighted by atomic mass is 9.96. The summed E-state index contributed by atoms with van der Waals surface area (Å²) in [5.41, 5.74) is 2.56. The van der Waals surface area contributed by atoms with E-state index in [1.54, 1.807) is 10.6 Å². The highest BCUT2D eigenvalue weighted by Gasteiger charge is 2.37. The highest BCUT2D eigenvalue weighted by Crippen LogP contribution is 2.40. The summed E-state index contributed by atoms with van der Waals surface area (Å²) < 4.78 is 2.62. The lowest BCUT2D eigenvalue weighted by molar-refractivity contribution is -0.119. The molecule has 0 saturated heterocycles. The lowest BCUT2D eigenvalue weighted by Crippen LogP contribution is -2.31. The predicted molar refractivity (Wildman–Crippen MR) is 110 cm³/mol. The summed E-state index contributed by atoms with van der Waals surface area (Å²) in [7, 11) is 0. The minimum Gasteiger partial charge on any atom is -0.312 e. The fourth-order valence-corrected chi connectivity index (χ4v) is 4.27. The number of hydrogen-bond acceptors (Lipinski definition) is 3. The van der Waals surface area contributed by atoms with E-state index in [-0.39, 0.29) is 17.4 Å². The Labute approximate surface area is 165 Å². The third-order valence-electron chi connectivity index (χ3n) is 5.18. The molecule has 6 heteroatoms. The Bertz CT molecular complexity index is 1110. The molecule has 0 spiro atoms. The third kappa shape index (κ3) is 2.88. The molecule has 2 heterocycles. The number of fused-ring (bicyclic) bond motifs is 2. The van der Waals surface area contributed by atoms with Crippen molar-refractivity contribution in [2.75, 3.05) is 11.4 Å². The average Bonchev–Trinajstić information content (AvgIpc) is 2.93. The second-order valence-electron chi connectivity index (χ2n) is 6.64. The van der Waals surface area contributed by atoms with Gasteiger partial charge in [-0.15, -0.1) is 0 Å². The van der Waals surface area contributed by atoms with Gasteiger partial charge in [-0.05, 0) is 49.7 Å². The topological polar surface area (TPSA) is 55.2 Å². The first-order valence-electron chi connectivity index (χ1n) is 9.14. The van der Waals surface area contributed by atoms with Crippen LogP contribution in [0.2, 0.25) is 0 Å². The van der Waals surface area contributed by atoms with Gasteiger partial charge in [0.25, 0.3) is 5.56 Å². The zero-order chi connectivity index (χ0) is 19.1. The van der Waals surface area contributed by atoms with Crippen molar-refractivity contribution in [3.63, 3.8) is 0 Å². The normalized spacial score (nSPS) is 16.2. The van der Waals surface area contributed by atoms with Crippen molar-refractivity contribution in [2.45, 2.75) is 32.7 Å². The second kappa shape index (κ2) is 6.93. The summed E-state index contributed by atoms with van der Waals surface area (Å²) >= 11 is 3.51. The molecule has 5 nitrogen and oxygen atoms in total. The number of benzene rings is 2. The van der Waals surface area contributed by atoms with Gasteiger partial charge in [-0.1, -0.05) is 28.1 Å². The number of halogens is 1. The average molecular weight is 426 g/mol. The molecule has 0 N–H and O–H groups in total. The first kappa shape index (κ1) is 17.9. The number of carbonyl (C=O) groups is 1. The monoisotopic (exact) mass is 425 g/mol. The highest BCUT2D eigenvalue weighted by atomic mass is 79.9. The molecule has 2 aromatic carbocycles. The number of para-hydroxylation sites is 1. The van der Waals surface area contributed by atoms with Crippen LogP contribution in [-0.2, 0) is 17.8 Å². The Balaban J connectivity index is 1.84. The first-order chi connectivity index (χ1) is 13.0. The van der Waals surface area contributed by atoms with Crippen molar-refractivity contribution in [1.29, 1.82) is 0 Å². The minimum absolute atomic E-state index is 0.0506. The number of nitrogens with zero attached hydrogens (tertiary/aromatic N) is 3. The molecule has 138 valence electrons. The van der Waals surface area contributed by atoms with E-state index in [0.29, 0.717) is 36.2 Å². The Morgan fingerprint density at radius 1 is 1.07 bits per heavy atom. The number of carbonyl (C=O) groups excluding carboxylic acids is 1. The van der Waals surface area contributed by atoms with Gasteiger partial charge in [0.1, 0.15) is 5.82 Å². The Morgan fingerprint density at radius 2 is 1.85 bits per heavy atom. The number of hydrogen-bond donors (Lipinski definition) is 0. The van der Waals surface area contributed by atoms with Crippen LogP contribution in [0.4, 0.5) is 5.69 Å². The van der Waals surface area contributed by atoms with E-state index in [1.165, 1.54) is 0 Å². The van der Waals surface area contributed by atoms with Gasteiger partial charge in [0.2, 0.25) is 5.91 Å². The van der Waals surface area contributed by atoms with Gasteiger partial charge in [-0.25, -0.2) is 4.98 Å². The summed E-state index contributed by atoms with van der Waals surface area (Å²) in [6.45, 7) is 5.05. The van der Waals surface area contributed by atoms with E-state index in [1.807, 2.05) is 55.1 Å². The first-order valence-corrected chi connectivity index (χ1v) is 9.93. The van der Waals surface area contributed by atoms with E-state index in [0.717, 1.165) is 15.7 Å². The maximum absolute atomic E-state index is 13.1. The summed E-state index contributed by atoms with van der Waals surface area (Å²) in [5.74, 6) is 0.391. The molecule has 1 atom stereocenters. The van der Waals surface area contributed by atoms with Crippen molar-refractivity contribution in [3.8, 4) is 0 Å². The molecule has 1 aliphatic heterocycles. The van der Waals surface area contributed by atoms with Crippen LogP contribution in [0, 0.1) is 0 Å². The van der Waals surface area contributed by atoms with Crippen LogP contribution in [0.25, 0.3) is 10.9 Å². The maximum atomic E-state index is 13.1. The second-order valence-corrected chi connectivity index (χ2v) is 7.55. The number of aromatic nitrogens is 2. The molecule has 27 heavy (non-hydrogen) atoms. The van der Waals surface area contributed by atoms with Crippen molar-refractivity contribution < 1.29 is 4.79 Å². The summed E-state index contributed by atoms with van der Waals surface area (Å²) in [6.07, 6.45) is 0.409. The minimum atomic E-state index is -0.330. The zero-order valence-electron chi connectivity index (χ0n) is 15.3. The molecular weight excluding hydrogens is 406 g/mol. The summed E-state index contributed by atoms with van der Waals surface area (Å²) in [4.78, 5) is 32.5. The van der Waals surface area contributed by atoms with E-state index >= 15 is 0 Å². The van der Waals surface area contributed by atoms with Gasteiger partial charge in [0.05, 0.1) is 16.8 Å². The molecule has 0 aliphatic carbocycles. The quantitative estimate of drug-likeness (QED) is 0.637. The predicted octanol–water partition coefficient (Wildman–Crippen LogP) is 3.87. The van der Waals surface area contributed by atoms with Crippen LogP contribution in [0.1, 0.15) is 31.2 Å². The summed E-state index contributed by atoms with van der Waals surface area (Å²) in [5, 5.41) is 0.610. The van der Waals surface area contributed by atoms with Crippen LogP contribution in [0.5, 0.6) is 0 Å². The van der Waals surface area contributed by atoms with Crippen LogP contribution < -0.4 is 10.5 Å². The number of anilines is 1. The van der Waals surface area contributed by atoms with Crippen molar-refractivity contribution in [3.05, 3.63) is 68.7 Å².